The fourth-order valence-corrected chi connectivity index (χ4v) is 4.52. The molecule has 108 valence electrons. The molecule has 1 N–H and O–H groups in total. The molecule has 0 amide bonds. The highest BCUT2D eigenvalue weighted by Crippen LogP contribution is 2.28. The molecular weight excluding hydrogens is 284 g/mol. The van der Waals surface area contributed by atoms with Crippen molar-refractivity contribution in [2.45, 2.75) is 18.9 Å². The Hall–Kier alpha value is -2.06. The molecule has 0 radical (unpaired) electrons. The predicted molar refractivity (Wildman–Crippen MR) is 84.0 cm³/mol. The number of sulfone groups is 1. The highest BCUT2D eigenvalue weighted by atomic mass is 32.2. The number of nitrogens with zero attached hydrogens (tertiary/aromatic N) is 1. The van der Waals surface area contributed by atoms with Gasteiger partial charge in [-0.05, 0) is 25.0 Å². The third-order valence-corrected chi connectivity index (χ3v) is 5.69. The van der Waals surface area contributed by atoms with Gasteiger partial charge in [0.1, 0.15) is 0 Å². The summed E-state index contributed by atoms with van der Waals surface area (Å²) in [5, 5.41) is 14.4. The smallest absolute Gasteiger partial charge is 0.152 e. The van der Waals surface area contributed by atoms with Crippen LogP contribution in [0.4, 0.5) is 5.69 Å². The maximum Gasteiger partial charge on any atom is 0.152 e. The average Bonchev–Trinajstić information content (AvgIpc) is 2.47. The lowest BCUT2D eigenvalue weighted by molar-refractivity contribution is 0.562. The van der Waals surface area contributed by atoms with Crippen molar-refractivity contribution in [1.82, 2.24) is 0 Å². The molecule has 1 atom stereocenters. The number of rotatable bonds is 2. The first-order valence-corrected chi connectivity index (χ1v) is 8.80. The molecule has 21 heavy (non-hydrogen) atoms. The van der Waals surface area contributed by atoms with E-state index in [0.717, 1.165) is 22.9 Å². The summed E-state index contributed by atoms with van der Waals surface area (Å²) in [6, 6.07) is 13.5. The van der Waals surface area contributed by atoms with Crippen LogP contribution in [0, 0.1) is 11.3 Å². The van der Waals surface area contributed by atoms with Gasteiger partial charge in [0, 0.05) is 22.5 Å². The number of benzene rings is 2. The first-order valence-electron chi connectivity index (χ1n) is 6.98. The van der Waals surface area contributed by atoms with Crippen LogP contribution in [-0.2, 0) is 9.84 Å². The zero-order chi connectivity index (χ0) is 14.9. The summed E-state index contributed by atoms with van der Waals surface area (Å²) in [6.45, 7) is 0. The van der Waals surface area contributed by atoms with Crippen LogP contribution in [-0.4, -0.2) is 26.0 Å². The summed E-state index contributed by atoms with van der Waals surface area (Å²) >= 11 is 0. The highest BCUT2D eigenvalue weighted by molar-refractivity contribution is 7.91. The SMILES string of the molecule is N#Cc1ccc(NC2CCCS(=O)(=O)C2)c2ccccc12. The zero-order valence-electron chi connectivity index (χ0n) is 11.5. The van der Waals surface area contributed by atoms with Crippen molar-refractivity contribution in [3.05, 3.63) is 42.0 Å². The number of hydrogen-bond donors (Lipinski definition) is 1. The quantitative estimate of drug-likeness (QED) is 0.925. The van der Waals surface area contributed by atoms with Crippen molar-refractivity contribution < 1.29 is 8.42 Å². The van der Waals surface area contributed by atoms with E-state index < -0.39 is 9.84 Å². The lowest BCUT2D eigenvalue weighted by Crippen LogP contribution is -2.34. The first-order chi connectivity index (χ1) is 10.1. The predicted octanol–water partition coefficient (Wildman–Crippen LogP) is 2.70. The van der Waals surface area contributed by atoms with Gasteiger partial charge in [-0.2, -0.15) is 5.26 Å². The molecule has 2 aromatic carbocycles. The Bertz CT molecular complexity index is 822. The van der Waals surface area contributed by atoms with Gasteiger partial charge in [-0.3, -0.25) is 0 Å². The summed E-state index contributed by atoms with van der Waals surface area (Å²) in [5.74, 6) is 0.473. The molecule has 1 saturated heterocycles. The van der Waals surface area contributed by atoms with Crippen molar-refractivity contribution in [1.29, 1.82) is 5.26 Å². The molecule has 1 fully saturated rings. The standard InChI is InChI=1S/C16H16N2O2S/c17-10-12-7-8-16(15-6-2-1-5-14(12)15)18-13-4-3-9-21(19,20)11-13/h1-2,5-8,13,18H,3-4,9,11H2. The summed E-state index contributed by atoms with van der Waals surface area (Å²) < 4.78 is 23.5. The number of hydrogen-bond acceptors (Lipinski definition) is 4. The minimum absolute atomic E-state index is 0.0555. The fraction of sp³-hybridized carbons (Fsp3) is 0.312. The van der Waals surface area contributed by atoms with Gasteiger partial charge in [0.15, 0.2) is 9.84 Å². The number of fused-ring (bicyclic) bond motifs is 1. The highest BCUT2D eigenvalue weighted by Gasteiger charge is 2.24. The van der Waals surface area contributed by atoms with E-state index in [-0.39, 0.29) is 11.8 Å². The monoisotopic (exact) mass is 300 g/mol. The van der Waals surface area contributed by atoms with Crippen molar-refractivity contribution in [3.8, 4) is 6.07 Å². The molecule has 1 aliphatic heterocycles. The molecule has 1 aliphatic rings. The Morgan fingerprint density at radius 1 is 1.14 bits per heavy atom. The molecule has 3 rings (SSSR count). The summed E-state index contributed by atoms with van der Waals surface area (Å²) in [7, 11) is -2.93. The van der Waals surface area contributed by atoms with E-state index in [1.807, 2.05) is 30.3 Å². The topological polar surface area (TPSA) is 70.0 Å². The van der Waals surface area contributed by atoms with E-state index in [0.29, 0.717) is 17.7 Å². The molecule has 0 spiro atoms. The zero-order valence-corrected chi connectivity index (χ0v) is 12.4. The van der Waals surface area contributed by atoms with Crippen LogP contribution in [0.1, 0.15) is 18.4 Å². The van der Waals surface area contributed by atoms with Gasteiger partial charge < -0.3 is 5.32 Å². The Labute approximate surface area is 124 Å². The Kier molecular flexibility index (Phi) is 3.56. The van der Waals surface area contributed by atoms with Crippen molar-refractivity contribution in [2.75, 3.05) is 16.8 Å². The third kappa shape index (κ3) is 2.86. The molecule has 1 heterocycles. The average molecular weight is 300 g/mol. The minimum Gasteiger partial charge on any atom is -0.381 e. The molecule has 2 aromatic rings. The van der Waals surface area contributed by atoms with Crippen LogP contribution in [0.25, 0.3) is 10.8 Å². The third-order valence-electron chi connectivity index (χ3n) is 3.87. The lowest BCUT2D eigenvalue weighted by Gasteiger charge is -2.24. The van der Waals surface area contributed by atoms with Crippen LogP contribution in [0.5, 0.6) is 0 Å². The van der Waals surface area contributed by atoms with Gasteiger partial charge in [-0.25, -0.2) is 8.42 Å². The van der Waals surface area contributed by atoms with Gasteiger partial charge in [0.05, 0.1) is 23.1 Å². The van der Waals surface area contributed by atoms with Gasteiger partial charge in [-0.15, -0.1) is 0 Å². The van der Waals surface area contributed by atoms with Gasteiger partial charge >= 0.3 is 0 Å². The second-order valence-corrected chi connectivity index (χ2v) is 7.64. The van der Waals surface area contributed by atoms with Crippen molar-refractivity contribution in [2.24, 2.45) is 0 Å². The molecule has 0 bridgehead atoms. The van der Waals surface area contributed by atoms with E-state index in [4.69, 9.17) is 5.26 Å². The van der Waals surface area contributed by atoms with E-state index in [1.165, 1.54) is 0 Å². The van der Waals surface area contributed by atoms with Crippen molar-refractivity contribution in [3.63, 3.8) is 0 Å². The van der Waals surface area contributed by atoms with Crippen LogP contribution in [0.2, 0.25) is 0 Å². The Balaban J connectivity index is 1.97. The second kappa shape index (κ2) is 5.38. The molecule has 0 aliphatic carbocycles. The molecule has 4 nitrogen and oxygen atoms in total. The fourth-order valence-electron chi connectivity index (χ4n) is 2.88. The lowest BCUT2D eigenvalue weighted by atomic mass is 10.0. The summed E-state index contributed by atoms with van der Waals surface area (Å²) in [6.07, 6.45) is 1.56. The first kappa shape index (κ1) is 13.9. The summed E-state index contributed by atoms with van der Waals surface area (Å²) in [4.78, 5) is 0. The van der Waals surface area contributed by atoms with Crippen LogP contribution >= 0.6 is 0 Å². The van der Waals surface area contributed by atoms with Gasteiger partial charge in [0.2, 0.25) is 0 Å². The number of nitriles is 1. The Morgan fingerprint density at radius 3 is 2.62 bits per heavy atom. The minimum atomic E-state index is -2.93. The number of anilines is 1. The molecule has 5 heteroatoms. The maximum atomic E-state index is 11.7. The molecule has 1 unspecified atom stereocenters. The molecular formula is C16H16N2O2S. The van der Waals surface area contributed by atoms with Crippen LogP contribution in [0.15, 0.2) is 36.4 Å². The molecule has 0 saturated carbocycles. The van der Waals surface area contributed by atoms with E-state index in [2.05, 4.69) is 11.4 Å². The van der Waals surface area contributed by atoms with E-state index >= 15 is 0 Å². The van der Waals surface area contributed by atoms with Crippen molar-refractivity contribution >= 4 is 26.3 Å². The van der Waals surface area contributed by atoms with Gasteiger partial charge in [0.25, 0.3) is 0 Å². The maximum absolute atomic E-state index is 11.7. The number of nitrogens with one attached hydrogen (secondary N) is 1. The largest absolute Gasteiger partial charge is 0.381 e. The van der Waals surface area contributed by atoms with Gasteiger partial charge in [-0.1, -0.05) is 24.3 Å². The summed E-state index contributed by atoms with van der Waals surface area (Å²) in [5.41, 5.74) is 1.53. The Morgan fingerprint density at radius 2 is 1.90 bits per heavy atom. The van der Waals surface area contributed by atoms with Crippen LogP contribution < -0.4 is 5.32 Å². The van der Waals surface area contributed by atoms with Crippen LogP contribution in [0.3, 0.4) is 0 Å². The molecule has 0 aromatic heterocycles. The van der Waals surface area contributed by atoms with E-state index in [1.54, 1.807) is 6.07 Å². The second-order valence-electron chi connectivity index (χ2n) is 5.42. The van der Waals surface area contributed by atoms with E-state index in [9.17, 15) is 8.42 Å². The normalized spacial score (nSPS) is 20.8.